The van der Waals surface area contributed by atoms with Gasteiger partial charge in [-0.05, 0) is 19.4 Å². The van der Waals surface area contributed by atoms with Crippen LogP contribution in [-0.2, 0) is 0 Å². The van der Waals surface area contributed by atoms with Gasteiger partial charge in [-0.3, -0.25) is 4.90 Å². The van der Waals surface area contributed by atoms with Crippen LogP contribution in [0.5, 0.6) is 0 Å². The zero-order chi connectivity index (χ0) is 11.5. The highest BCUT2D eigenvalue weighted by Gasteiger charge is 2.41. The second-order valence-electron chi connectivity index (χ2n) is 4.37. The fourth-order valence-corrected chi connectivity index (χ4v) is 2.17. The van der Waals surface area contributed by atoms with Crippen molar-refractivity contribution >= 4 is 0 Å². The molecule has 16 heavy (non-hydrogen) atoms. The topological polar surface area (TPSA) is 23.2 Å². The van der Waals surface area contributed by atoms with Crippen molar-refractivity contribution in [2.24, 2.45) is 0 Å². The van der Waals surface area contributed by atoms with Crippen LogP contribution < -0.4 is 0 Å². The van der Waals surface area contributed by atoms with Gasteiger partial charge in [-0.2, -0.15) is 0 Å². The summed E-state index contributed by atoms with van der Waals surface area (Å²) in [5.74, 6) is 0. The molecular weight excluding hydrogens is 198 g/mol. The summed E-state index contributed by atoms with van der Waals surface area (Å²) in [6.45, 7) is 5.12. The molecule has 86 valence electrons. The Bertz CT molecular complexity index is 360. The van der Waals surface area contributed by atoms with E-state index in [0.29, 0.717) is 12.1 Å². The van der Waals surface area contributed by atoms with Crippen LogP contribution in [0.3, 0.4) is 0 Å². The third-order valence-electron chi connectivity index (χ3n) is 3.25. The number of rotatable bonds is 4. The normalized spacial score (nSPS) is 27.9. The van der Waals surface area contributed by atoms with Gasteiger partial charge in [0.2, 0.25) is 0 Å². The highest BCUT2D eigenvalue weighted by atomic mass is 16.3. The first kappa shape index (κ1) is 11.4. The van der Waals surface area contributed by atoms with Crippen molar-refractivity contribution < 1.29 is 5.11 Å². The van der Waals surface area contributed by atoms with E-state index in [1.807, 2.05) is 25.1 Å². The lowest BCUT2D eigenvalue weighted by Crippen LogP contribution is -2.18. The molecule has 0 spiro atoms. The van der Waals surface area contributed by atoms with Gasteiger partial charge < -0.3 is 5.11 Å². The van der Waals surface area contributed by atoms with Gasteiger partial charge in [-0.15, -0.1) is 0 Å². The van der Waals surface area contributed by atoms with Crippen molar-refractivity contribution in [3.05, 3.63) is 48.0 Å². The largest absolute Gasteiger partial charge is 0.387 e. The van der Waals surface area contributed by atoms with E-state index < -0.39 is 0 Å². The van der Waals surface area contributed by atoms with Gasteiger partial charge in [0.05, 0.1) is 12.1 Å². The molecule has 1 aliphatic heterocycles. The van der Waals surface area contributed by atoms with Crippen molar-refractivity contribution in [1.29, 1.82) is 0 Å². The lowest BCUT2D eigenvalue weighted by molar-refractivity contribution is 0.192. The standard InChI is InChI=1S/C14H19NO/c1-3-7-14(16)13-10-15(13)11(2)12-8-5-4-6-9-12/h3-9,11,13-14,16H,10H2,1-2H3/t11-,13?,14+,15?/m1/s1. The van der Waals surface area contributed by atoms with Crippen LogP contribution in [-0.4, -0.2) is 28.7 Å². The molecule has 0 bridgehead atoms. The molecule has 2 rings (SSSR count). The monoisotopic (exact) mass is 217 g/mol. The number of hydrogen-bond acceptors (Lipinski definition) is 2. The highest BCUT2D eigenvalue weighted by Crippen LogP contribution is 2.33. The van der Waals surface area contributed by atoms with Gasteiger partial charge in [-0.25, -0.2) is 0 Å². The maximum Gasteiger partial charge on any atom is 0.0888 e. The lowest BCUT2D eigenvalue weighted by atomic mass is 10.1. The maximum atomic E-state index is 9.83. The second kappa shape index (κ2) is 4.81. The molecule has 1 aromatic rings. The molecule has 1 aromatic carbocycles. The van der Waals surface area contributed by atoms with Crippen molar-refractivity contribution in [2.45, 2.75) is 32.0 Å². The summed E-state index contributed by atoms with van der Waals surface area (Å²) in [6, 6.07) is 11.1. The minimum atomic E-state index is -0.323. The molecule has 2 nitrogen and oxygen atoms in total. The number of aliphatic hydroxyl groups is 1. The summed E-state index contributed by atoms with van der Waals surface area (Å²) >= 11 is 0. The molecule has 0 amide bonds. The molecule has 0 aromatic heterocycles. The van der Waals surface area contributed by atoms with Gasteiger partial charge in [0.15, 0.2) is 0 Å². The molecular formula is C14H19NO. The third-order valence-corrected chi connectivity index (χ3v) is 3.25. The van der Waals surface area contributed by atoms with Crippen LogP contribution in [0.4, 0.5) is 0 Å². The van der Waals surface area contributed by atoms with Gasteiger partial charge in [0.1, 0.15) is 0 Å². The molecule has 0 radical (unpaired) electrons. The van der Waals surface area contributed by atoms with E-state index in [4.69, 9.17) is 0 Å². The quantitative estimate of drug-likeness (QED) is 0.618. The van der Waals surface area contributed by atoms with Crippen molar-refractivity contribution in [3.8, 4) is 0 Å². The van der Waals surface area contributed by atoms with Crippen LogP contribution in [0, 0.1) is 0 Å². The Morgan fingerprint density at radius 3 is 2.69 bits per heavy atom. The number of aliphatic hydroxyl groups excluding tert-OH is 1. The predicted octanol–water partition coefficient (Wildman–Crippen LogP) is 2.37. The number of hydrogen-bond donors (Lipinski definition) is 1. The van der Waals surface area contributed by atoms with Crippen LogP contribution in [0.15, 0.2) is 42.5 Å². The fourth-order valence-electron chi connectivity index (χ4n) is 2.17. The van der Waals surface area contributed by atoms with Gasteiger partial charge in [0, 0.05) is 12.6 Å². The lowest BCUT2D eigenvalue weighted by Gasteiger charge is -2.15. The number of benzene rings is 1. The molecule has 1 saturated heterocycles. The molecule has 1 N–H and O–H groups in total. The summed E-state index contributed by atoms with van der Waals surface area (Å²) in [5, 5.41) is 9.83. The van der Waals surface area contributed by atoms with Gasteiger partial charge >= 0.3 is 0 Å². The van der Waals surface area contributed by atoms with E-state index in [9.17, 15) is 5.11 Å². The first-order valence-electron chi connectivity index (χ1n) is 5.85. The Morgan fingerprint density at radius 2 is 2.06 bits per heavy atom. The van der Waals surface area contributed by atoms with Crippen LogP contribution >= 0.6 is 0 Å². The predicted molar refractivity (Wildman–Crippen MR) is 66.2 cm³/mol. The third kappa shape index (κ3) is 2.34. The van der Waals surface area contributed by atoms with Crippen molar-refractivity contribution in [2.75, 3.05) is 6.54 Å². The first-order chi connectivity index (χ1) is 7.74. The Labute approximate surface area is 97.2 Å². The minimum absolute atomic E-state index is 0.298. The van der Waals surface area contributed by atoms with E-state index in [1.165, 1.54) is 5.56 Å². The molecule has 4 atom stereocenters. The van der Waals surface area contributed by atoms with Crippen LogP contribution in [0.2, 0.25) is 0 Å². The summed E-state index contributed by atoms with van der Waals surface area (Å²) in [7, 11) is 0. The Balaban J connectivity index is 1.97. The summed E-state index contributed by atoms with van der Waals surface area (Å²) in [5.41, 5.74) is 1.32. The second-order valence-corrected chi connectivity index (χ2v) is 4.37. The highest BCUT2D eigenvalue weighted by molar-refractivity contribution is 5.21. The molecule has 0 saturated carbocycles. The molecule has 2 unspecified atom stereocenters. The van der Waals surface area contributed by atoms with E-state index in [1.54, 1.807) is 0 Å². The van der Waals surface area contributed by atoms with Crippen LogP contribution in [0.25, 0.3) is 0 Å². The Morgan fingerprint density at radius 1 is 1.38 bits per heavy atom. The van der Waals surface area contributed by atoms with E-state index in [2.05, 4.69) is 36.1 Å². The van der Waals surface area contributed by atoms with Crippen molar-refractivity contribution in [1.82, 2.24) is 4.90 Å². The summed E-state index contributed by atoms with van der Waals surface area (Å²) < 4.78 is 0. The van der Waals surface area contributed by atoms with E-state index in [0.717, 1.165) is 6.54 Å². The average Bonchev–Trinajstić information content (AvgIpc) is 3.09. The zero-order valence-electron chi connectivity index (χ0n) is 9.88. The SMILES string of the molecule is CC=C[C@H](O)C1CN1[C@H](C)c1ccccc1. The van der Waals surface area contributed by atoms with E-state index in [-0.39, 0.29) is 6.10 Å². The molecule has 1 fully saturated rings. The molecule has 1 aliphatic rings. The Kier molecular flexibility index (Phi) is 3.42. The van der Waals surface area contributed by atoms with Gasteiger partial charge in [0.25, 0.3) is 0 Å². The van der Waals surface area contributed by atoms with E-state index >= 15 is 0 Å². The minimum Gasteiger partial charge on any atom is -0.387 e. The van der Waals surface area contributed by atoms with Gasteiger partial charge in [-0.1, -0.05) is 42.5 Å². The smallest absolute Gasteiger partial charge is 0.0888 e. The molecule has 1 heterocycles. The van der Waals surface area contributed by atoms with Crippen molar-refractivity contribution in [3.63, 3.8) is 0 Å². The zero-order valence-corrected chi connectivity index (χ0v) is 9.88. The maximum absolute atomic E-state index is 9.83. The number of allylic oxidation sites excluding steroid dienone is 1. The first-order valence-corrected chi connectivity index (χ1v) is 5.85. The Hall–Kier alpha value is -1.12. The summed E-state index contributed by atoms with van der Waals surface area (Å²) in [4.78, 5) is 2.32. The molecule has 2 heteroatoms. The fraction of sp³-hybridized carbons (Fsp3) is 0.429. The average molecular weight is 217 g/mol. The van der Waals surface area contributed by atoms with Crippen LogP contribution in [0.1, 0.15) is 25.5 Å². The number of nitrogens with zero attached hydrogens (tertiary/aromatic N) is 1. The molecule has 0 aliphatic carbocycles. The summed E-state index contributed by atoms with van der Waals surface area (Å²) in [6.07, 6.45) is 3.45.